The molecular weight excluding hydrogens is 220 g/mol. The molecule has 1 aliphatic carbocycles. The van der Waals surface area contributed by atoms with Gasteiger partial charge < -0.3 is 9.47 Å². The van der Waals surface area contributed by atoms with Gasteiger partial charge in [-0.1, -0.05) is 6.42 Å². The van der Waals surface area contributed by atoms with Crippen LogP contribution in [0.4, 0.5) is 0 Å². The van der Waals surface area contributed by atoms with Crippen molar-refractivity contribution in [1.82, 2.24) is 10.3 Å². The molecule has 17 heavy (non-hydrogen) atoms. The lowest BCUT2D eigenvalue weighted by Crippen LogP contribution is -2.40. The summed E-state index contributed by atoms with van der Waals surface area (Å²) in [4.78, 5) is 0. The van der Waals surface area contributed by atoms with Gasteiger partial charge in [-0.2, -0.15) is 0 Å². The maximum absolute atomic E-state index is 5.98. The topological polar surface area (TPSA) is 57.4 Å². The van der Waals surface area contributed by atoms with E-state index in [2.05, 4.69) is 14.9 Å². The lowest BCUT2D eigenvalue weighted by molar-refractivity contribution is -0.105. The van der Waals surface area contributed by atoms with E-state index in [0.29, 0.717) is 11.0 Å². The summed E-state index contributed by atoms with van der Waals surface area (Å²) in [5.74, 6) is 1.08. The van der Waals surface area contributed by atoms with E-state index >= 15 is 0 Å². The number of aromatic nitrogens is 2. The molecule has 4 rings (SSSR count). The first-order chi connectivity index (χ1) is 8.35. The van der Waals surface area contributed by atoms with Crippen LogP contribution in [0.1, 0.15) is 32.1 Å². The Morgan fingerprint density at radius 2 is 1.47 bits per heavy atom. The Bertz CT molecular complexity index is 530. The summed E-state index contributed by atoms with van der Waals surface area (Å²) in [5, 5.41) is 7.62. The van der Waals surface area contributed by atoms with E-state index in [4.69, 9.17) is 9.47 Å². The van der Waals surface area contributed by atoms with Gasteiger partial charge in [0.2, 0.25) is 0 Å². The van der Waals surface area contributed by atoms with Crippen LogP contribution < -0.4 is 9.47 Å². The standard InChI is InChI=1S/C12H12N2O3/c1-2-4-12(5-3-1)15-10-6-8-9(14-17-13-8)7-11(10)16-12/h6-7H,1-5H2. The molecule has 5 heteroatoms. The van der Waals surface area contributed by atoms with Crippen molar-refractivity contribution in [1.29, 1.82) is 0 Å². The van der Waals surface area contributed by atoms with Gasteiger partial charge in [-0.3, -0.25) is 0 Å². The smallest absolute Gasteiger partial charge is 0.251 e. The minimum Gasteiger partial charge on any atom is -0.448 e. The maximum Gasteiger partial charge on any atom is 0.251 e. The van der Waals surface area contributed by atoms with Gasteiger partial charge in [-0.25, -0.2) is 4.63 Å². The number of fused-ring (bicyclic) bond motifs is 2. The normalized spacial score (nSPS) is 21.2. The lowest BCUT2D eigenvalue weighted by atomic mass is 9.94. The lowest BCUT2D eigenvalue weighted by Gasteiger charge is -2.31. The van der Waals surface area contributed by atoms with Crippen LogP contribution in [-0.4, -0.2) is 16.1 Å². The molecule has 1 aromatic heterocycles. The van der Waals surface area contributed by atoms with Crippen LogP contribution in [0.5, 0.6) is 11.5 Å². The molecule has 0 atom stereocenters. The molecule has 1 aliphatic heterocycles. The molecule has 1 saturated carbocycles. The molecule has 0 radical (unpaired) electrons. The Morgan fingerprint density at radius 1 is 0.882 bits per heavy atom. The fourth-order valence-electron chi connectivity index (χ4n) is 2.67. The molecule has 0 unspecified atom stereocenters. The molecule has 0 amide bonds. The van der Waals surface area contributed by atoms with Crippen molar-refractivity contribution in [3.05, 3.63) is 12.1 Å². The second-order valence-corrected chi connectivity index (χ2v) is 4.73. The van der Waals surface area contributed by atoms with Crippen LogP contribution in [0.25, 0.3) is 11.0 Å². The first-order valence-corrected chi connectivity index (χ1v) is 5.99. The van der Waals surface area contributed by atoms with E-state index in [1.165, 1.54) is 6.42 Å². The third kappa shape index (κ3) is 1.31. The quantitative estimate of drug-likeness (QED) is 0.698. The number of benzene rings is 1. The van der Waals surface area contributed by atoms with Gasteiger partial charge in [-0.15, -0.1) is 0 Å². The van der Waals surface area contributed by atoms with E-state index in [-0.39, 0.29) is 0 Å². The highest BCUT2D eigenvalue weighted by atomic mass is 16.7. The van der Waals surface area contributed by atoms with Crippen LogP contribution in [0.2, 0.25) is 0 Å². The SMILES string of the molecule is c1c2c(cc3nonc13)OC1(CCCCC1)O2. The van der Waals surface area contributed by atoms with E-state index in [1.54, 1.807) is 0 Å². The first-order valence-electron chi connectivity index (χ1n) is 5.99. The van der Waals surface area contributed by atoms with Gasteiger partial charge in [0, 0.05) is 25.0 Å². The Kier molecular flexibility index (Phi) is 1.70. The summed E-state index contributed by atoms with van der Waals surface area (Å²) >= 11 is 0. The Labute approximate surface area is 97.7 Å². The van der Waals surface area contributed by atoms with E-state index in [9.17, 15) is 0 Å². The number of nitrogens with zero attached hydrogens (tertiary/aromatic N) is 2. The minimum absolute atomic E-state index is 0.434. The van der Waals surface area contributed by atoms with Crippen LogP contribution >= 0.6 is 0 Å². The van der Waals surface area contributed by atoms with E-state index < -0.39 is 5.79 Å². The van der Waals surface area contributed by atoms with Crippen LogP contribution in [0.3, 0.4) is 0 Å². The predicted octanol–water partition coefficient (Wildman–Crippen LogP) is 2.65. The zero-order chi connectivity index (χ0) is 11.3. The fourth-order valence-corrected chi connectivity index (χ4v) is 2.67. The molecule has 2 aliphatic rings. The summed E-state index contributed by atoms with van der Waals surface area (Å²) in [7, 11) is 0. The highest BCUT2D eigenvalue weighted by molar-refractivity contribution is 5.78. The van der Waals surface area contributed by atoms with Crippen LogP contribution in [0, 0.1) is 0 Å². The monoisotopic (exact) mass is 232 g/mol. The maximum atomic E-state index is 5.98. The summed E-state index contributed by atoms with van der Waals surface area (Å²) < 4.78 is 16.6. The molecule has 0 N–H and O–H groups in total. The van der Waals surface area contributed by atoms with Gasteiger partial charge in [-0.05, 0) is 23.2 Å². The van der Waals surface area contributed by atoms with Crippen molar-refractivity contribution in [2.24, 2.45) is 0 Å². The third-order valence-corrected chi connectivity index (χ3v) is 3.53. The second kappa shape index (κ2) is 3.12. The van der Waals surface area contributed by atoms with E-state index in [1.807, 2.05) is 12.1 Å². The molecule has 0 saturated heterocycles. The van der Waals surface area contributed by atoms with Gasteiger partial charge in [0.15, 0.2) is 11.5 Å². The average Bonchev–Trinajstić information content (AvgIpc) is 2.89. The van der Waals surface area contributed by atoms with Gasteiger partial charge in [0.25, 0.3) is 5.79 Å². The summed E-state index contributed by atoms with van der Waals surface area (Å²) in [6, 6.07) is 3.68. The Balaban J connectivity index is 1.77. The number of hydrogen-bond donors (Lipinski definition) is 0. The van der Waals surface area contributed by atoms with E-state index in [0.717, 1.165) is 37.2 Å². The van der Waals surface area contributed by atoms with Crippen molar-refractivity contribution in [2.45, 2.75) is 37.9 Å². The van der Waals surface area contributed by atoms with Crippen molar-refractivity contribution in [2.75, 3.05) is 0 Å². The minimum atomic E-state index is -0.434. The average molecular weight is 232 g/mol. The molecule has 1 fully saturated rings. The van der Waals surface area contributed by atoms with Crippen molar-refractivity contribution < 1.29 is 14.1 Å². The Morgan fingerprint density at radius 3 is 2.06 bits per heavy atom. The summed E-state index contributed by atoms with van der Waals surface area (Å²) in [5.41, 5.74) is 1.42. The van der Waals surface area contributed by atoms with Crippen LogP contribution in [0.15, 0.2) is 16.8 Å². The largest absolute Gasteiger partial charge is 0.448 e. The second-order valence-electron chi connectivity index (χ2n) is 4.73. The molecule has 2 aromatic rings. The number of ether oxygens (including phenoxy) is 2. The van der Waals surface area contributed by atoms with Crippen molar-refractivity contribution in [3.63, 3.8) is 0 Å². The highest BCUT2D eigenvalue weighted by Gasteiger charge is 2.42. The molecule has 0 bridgehead atoms. The third-order valence-electron chi connectivity index (χ3n) is 3.53. The fraction of sp³-hybridized carbons (Fsp3) is 0.500. The molecule has 1 spiro atoms. The number of hydrogen-bond acceptors (Lipinski definition) is 5. The van der Waals surface area contributed by atoms with Gasteiger partial charge in [0.1, 0.15) is 11.0 Å². The summed E-state index contributed by atoms with van der Waals surface area (Å²) in [6.45, 7) is 0. The highest BCUT2D eigenvalue weighted by Crippen LogP contribution is 2.46. The zero-order valence-electron chi connectivity index (χ0n) is 9.31. The predicted molar refractivity (Wildman–Crippen MR) is 58.9 cm³/mol. The zero-order valence-corrected chi connectivity index (χ0v) is 9.31. The van der Waals surface area contributed by atoms with Gasteiger partial charge in [0.05, 0.1) is 0 Å². The number of rotatable bonds is 0. The molecule has 88 valence electrons. The molecule has 2 heterocycles. The van der Waals surface area contributed by atoms with Crippen molar-refractivity contribution >= 4 is 11.0 Å². The summed E-state index contributed by atoms with van der Waals surface area (Å²) in [6.07, 6.45) is 5.49. The first kappa shape index (κ1) is 9.27. The van der Waals surface area contributed by atoms with Crippen LogP contribution in [-0.2, 0) is 0 Å². The Hall–Kier alpha value is -1.78. The molecular formula is C12H12N2O3. The molecule has 5 nitrogen and oxygen atoms in total. The van der Waals surface area contributed by atoms with Crippen molar-refractivity contribution in [3.8, 4) is 11.5 Å². The van der Waals surface area contributed by atoms with Gasteiger partial charge >= 0.3 is 0 Å². The molecule has 1 aromatic carbocycles.